The molecule has 0 radical (unpaired) electrons. The van der Waals surface area contributed by atoms with Crippen LogP contribution in [0.2, 0.25) is 0 Å². The van der Waals surface area contributed by atoms with Crippen molar-refractivity contribution in [2.24, 2.45) is 10.7 Å². The van der Waals surface area contributed by atoms with Crippen molar-refractivity contribution in [3.8, 4) is 0 Å². The smallest absolute Gasteiger partial charge is 0.231 e. The van der Waals surface area contributed by atoms with E-state index < -0.39 is 0 Å². The highest BCUT2D eigenvalue weighted by Crippen LogP contribution is 2.12. The largest absolute Gasteiger partial charge is 0.369 e. The number of aliphatic imine (C=N–C) groups is 1. The lowest BCUT2D eigenvalue weighted by atomic mass is 10.1. The lowest BCUT2D eigenvalue weighted by Gasteiger charge is -2.25. The molecule has 4 heteroatoms. The molecule has 4 nitrogen and oxygen atoms in total. The first-order valence-corrected chi connectivity index (χ1v) is 4.25. The van der Waals surface area contributed by atoms with Crippen molar-refractivity contribution in [1.82, 2.24) is 4.90 Å². The Labute approximate surface area is 72.4 Å². The minimum absolute atomic E-state index is 0.0703. The highest BCUT2D eigenvalue weighted by Gasteiger charge is 2.23. The number of hydrogen-bond donors (Lipinski definition) is 1. The van der Waals surface area contributed by atoms with E-state index in [0.717, 1.165) is 12.8 Å². The van der Waals surface area contributed by atoms with Crippen LogP contribution in [0.1, 0.15) is 26.2 Å². The van der Waals surface area contributed by atoms with Gasteiger partial charge in [-0.3, -0.25) is 9.69 Å². The Morgan fingerprint density at radius 3 is 2.92 bits per heavy atom. The Hall–Kier alpha value is -1.06. The van der Waals surface area contributed by atoms with Crippen LogP contribution < -0.4 is 5.73 Å². The van der Waals surface area contributed by atoms with Gasteiger partial charge in [-0.15, -0.1) is 0 Å². The SMILES string of the molecule is CCC[C@H]1CC(=O)N(C)C(N)=N1. The van der Waals surface area contributed by atoms with Crippen LogP contribution in [-0.4, -0.2) is 29.9 Å². The van der Waals surface area contributed by atoms with Gasteiger partial charge in [0.25, 0.3) is 0 Å². The van der Waals surface area contributed by atoms with E-state index in [1.165, 1.54) is 4.90 Å². The van der Waals surface area contributed by atoms with Crippen LogP contribution in [0.25, 0.3) is 0 Å². The highest BCUT2D eigenvalue weighted by molar-refractivity contribution is 5.98. The molecular weight excluding hydrogens is 154 g/mol. The highest BCUT2D eigenvalue weighted by atomic mass is 16.2. The third-order valence-electron chi connectivity index (χ3n) is 2.06. The number of hydrogen-bond acceptors (Lipinski definition) is 3. The number of amides is 1. The third-order valence-corrected chi connectivity index (χ3v) is 2.06. The van der Waals surface area contributed by atoms with Gasteiger partial charge in [-0.1, -0.05) is 13.3 Å². The van der Waals surface area contributed by atoms with Crippen molar-refractivity contribution in [2.45, 2.75) is 32.2 Å². The van der Waals surface area contributed by atoms with Gasteiger partial charge in [-0.05, 0) is 6.42 Å². The summed E-state index contributed by atoms with van der Waals surface area (Å²) in [5.74, 6) is 0.422. The van der Waals surface area contributed by atoms with Gasteiger partial charge < -0.3 is 5.73 Å². The van der Waals surface area contributed by atoms with Crippen LogP contribution in [0.3, 0.4) is 0 Å². The van der Waals surface area contributed by atoms with E-state index >= 15 is 0 Å². The molecule has 0 aliphatic carbocycles. The first kappa shape index (κ1) is 9.03. The Morgan fingerprint density at radius 2 is 2.42 bits per heavy atom. The van der Waals surface area contributed by atoms with Gasteiger partial charge in [-0.2, -0.15) is 0 Å². The number of carbonyl (C=O) groups is 1. The molecule has 0 aromatic heterocycles. The van der Waals surface area contributed by atoms with E-state index in [1.807, 2.05) is 0 Å². The predicted molar refractivity (Wildman–Crippen MR) is 47.7 cm³/mol. The zero-order valence-corrected chi connectivity index (χ0v) is 7.58. The Balaban J connectivity index is 2.66. The molecule has 0 saturated carbocycles. The lowest BCUT2D eigenvalue weighted by Crippen LogP contribution is -2.44. The van der Waals surface area contributed by atoms with Crippen LogP contribution in [0.15, 0.2) is 4.99 Å². The minimum atomic E-state index is 0.0703. The molecule has 0 saturated heterocycles. The molecule has 1 heterocycles. The van der Waals surface area contributed by atoms with Crippen molar-refractivity contribution >= 4 is 11.9 Å². The molecule has 1 atom stereocenters. The lowest BCUT2D eigenvalue weighted by molar-refractivity contribution is -0.127. The van der Waals surface area contributed by atoms with Gasteiger partial charge in [0, 0.05) is 13.5 Å². The molecule has 1 rings (SSSR count). The Bertz CT molecular complexity index is 212. The van der Waals surface area contributed by atoms with Gasteiger partial charge in [0.15, 0.2) is 5.96 Å². The zero-order chi connectivity index (χ0) is 9.14. The number of nitrogens with zero attached hydrogens (tertiary/aromatic N) is 2. The summed E-state index contributed by atoms with van der Waals surface area (Å²) >= 11 is 0. The van der Waals surface area contributed by atoms with Crippen LogP contribution in [0, 0.1) is 0 Å². The van der Waals surface area contributed by atoms with E-state index in [1.54, 1.807) is 7.05 Å². The van der Waals surface area contributed by atoms with Crippen molar-refractivity contribution in [3.05, 3.63) is 0 Å². The fourth-order valence-electron chi connectivity index (χ4n) is 1.29. The molecule has 0 unspecified atom stereocenters. The molecule has 0 fully saturated rings. The number of carbonyl (C=O) groups excluding carboxylic acids is 1. The third kappa shape index (κ3) is 1.75. The van der Waals surface area contributed by atoms with E-state index in [0.29, 0.717) is 12.4 Å². The van der Waals surface area contributed by atoms with Crippen molar-refractivity contribution < 1.29 is 4.79 Å². The zero-order valence-electron chi connectivity index (χ0n) is 7.58. The molecule has 0 bridgehead atoms. The monoisotopic (exact) mass is 169 g/mol. The summed E-state index contributed by atoms with van der Waals surface area (Å²) in [6.45, 7) is 2.08. The maximum Gasteiger partial charge on any atom is 0.231 e. The van der Waals surface area contributed by atoms with Crippen molar-refractivity contribution in [1.29, 1.82) is 0 Å². The van der Waals surface area contributed by atoms with E-state index in [-0.39, 0.29) is 11.9 Å². The standard InChI is InChI=1S/C8H15N3O/c1-3-4-6-5-7(12)11(2)8(9)10-6/h6H,3-5H2,1-2H3,(H2,9,10)/t6-/m0/s1. The Kier molecular flexibility index (Phi) is 2.68. The summed E-state index contributed by atoms with van der Waals surface area (Å²) in [6.07, 6.45) is 2.49. The van der Waals surface area contributed by atoms with Crippen LogP contribution in [-0.2, 0) is 4.79 Å². The van der Waals surface area contributed by atoms with E-state index in [2.05, 4.69) is 11.9 Å². The molecule has 0 spiro atoms. The summed E-state index contributed by atoms with van der Waals surface area (Å²) in [5, 5.41) is 0. The van der Waals surface area contributed by atoms with E-state index in [4.69, 9.17) is 5.73 Å². The summed E-state index contributed by atoms with van der Waals surface area (Å²) in [6, 6.07) is 0.110. The molecule has 1 aliphatic heterocycles. The van der Waals surface area contributed by atoms with Gasteiger partial charge in [0.05, 0.1) is 6.04 Å². The maximum atomic E-state index is 11.3. The predicted octanol–water partition coefficient (Wildman–Crippen LogP) is 0.332. The van der Waals surface area contributed by atoms with Gasteiger partial charge in [0.1, 0.15) is 0 Å². The summed E-state index contributed by atoms with van der Waals surface area (Å²) < 4.78 is 0. The fourth-order valence-corrected chi connectivity index (χ4v) is 1.29. The average Bonchev–Trinajstić information content (AvgIpc) is 2.01. The molecular formula is C8H15N3O. The summed E-state index contributed by atoms with van der Waals surface area (Å²) in [5.41, 5.74) is 5.54. The molecule has 0 aromatic rings. The second kappa shape index (κ2) is 3.56. The van der Waals surface area contributed by atoms with Gasteiger partial charge in [0.2, 0.25) is 5.91 Å². The minimum Gasteiger partial charge on any atom is -0.369 e. The topological polar surface area (TPSA) is 58.7 Å². The fraction of sp³-hybridized carbons (Fsp3) is 0.750. The van der Waals surface area contributed by atoms with Gasteiger partial charge >= 0.3 is 0 Å². The van der Waals surface area contributed by atoms with Crippen molar-refractivity contribution in [2.75, 3.05) is 7.05 Å². The Morgan fingerprint density at radius 1 is 1.75 bits per heavy atom. The first-order chi connectivity index (χ1) is 5.65. The quantitative estimate of drug-likeness (QED) is 0.647. The molecule has 2 N–H and O–H groups in total. The second-order valence-corrected chi connectivity index (χ2v) is 3.09. The summed E-state index contributed by atoms with van der Waals surface area (Å²) in [7, 11) is 1.66. The number of guanidine groups is 1. The number of rotatable bonds is 2. The van der Waals surface area contributed by atoms with Crippen LogP contribution in [0.4, 0.5) is 0 Å². The maximum absolute atomic E-state index is 11.3. The average molecular weight is 169 g/mol. The molecule has 0 aromatic carbocycles. The van der Waals surface area contributed by atoms with Gasteiger partial charge in [-0.25, -0.2) is 4.99 Å². The summed E-state index contributed by atoms with van der Waals surface area (Å²) in [4.78, 5) is 16.9. The van der Waals surface area contributed by atoms with E-state index in [9.17, 15) is 4.79 Å². The van der Waals surface area contributed by atoms with Crippen LogP contribution in [0.5, 0.6) is 0 Å². The normalized spacial score (nSPS) is 24.2. The van der Waals surface area contributed by atoms with Crippen LogP contribution >= 0.6 is 0 Å². The molecule has 12 heavy (non-hydrogen) atoms. The molecule has 1 aliphatic rings. The molecule has 1 amide bonds. The van der Waals surface area contributed by atoms with Crippen molar-refractivity contribution in [3.63, 3.8) is 0 Å². The second-order valence-electron chi connectivity index (χ2n) is 3.09. The first-order valence-electron chi connectivity index (χ1n) is 4.25. The number of nitrogens with two attached hydrogens (primary N) is 1. The molecule has 68 valence electrons.